The van der Waals surface area contributed by atoms with Crippen molar-refractivity contribution in [1.82, 2.24) is 20.4 Å². The van der Waals surface area contributed by atoms with Gasteiger partial charge in [0.2, 0.25) is 17.7 Å². The molecule has 7 nitrogen and oxygen atoms in total. The Kier molecular flexibility index (Phi) is 5.30. The number of hydrogen-bond donors (Lipinski definition) is 1. The van der Waals surface area contributed by atoms with Crippen LogP contribution in [0.15, 0.2) is 27.2 Å². The van der Waals surface area contributed by atoms with Crippen molar-refractivity contribution in [3.8, 4) is 0 Å². The van der Waals surface area contributed by atoms with Gasteiger partial charge >= 0.3 is 0 Å². The normalized spacial score (nSPS) is 16.6. The van der Waals surface area contributed by atoms with Crippen molar-refractivity contribution in [2.45, 2.75) is 45.1 Å². The van der Waals surface area contributed by atoms with E-state index in [1.54, 1.807) is 6.26 Å². The van der Waals surface area contributed by atoms with Crippen LogP contribution in [0.1, 0.15) is 56.1 Å². The fourth-order valence-electron chi connectivity index (χ4n) is 2.84. The molecular formula is C17H24N4O3. The summed E-state index contributed by atoms with van der Waals surface area (Å²) in [6.45, 7) is 6.65. The Bertz CT molecular complexity index is 643. The van der Waals surface area contributed by atoms with Crippen LogP contribution in [0.5, 0.6) is 0 Å². The highest BCUT2D eigenvalue weighted by Gasteiger charge is 2.26. The van der Waals surface area contributed by atoms with Crippen LogP contribution in [0.2, 0.25) is 0 Å². The Morgan fingerprint density at radius 3 is 2.79 bits per heavy atom. The summed E-state index contributed by atoms with van der Waals surface area (Å²) >= 11 is 0. The van der Waals surface area contributed by atoms with Crippen molar-refractivity contribution in [2.75, 3.05) is 19.6 Å². The molecule has 0 atom stereocenters. The largest absolute Gasteiger partial charge is 0.467 e. The van der Waals surface area contributed by atoms with Gasteiger partial charge < -0.3 is 14.2 Å². The summed E-state index contributed by atoms with van der Waals surface area (Å²) in [5.74, 6) is 2.77. The molecule has 0 aliphatic carbocycles. The zero-order valence-corrected chi connectivity index (χ0v) is 14.2. The van der Waals surface area contributed by atoms with Gasteiger partial charge in [-0.25, -0.2) is 0 Å². The molecule has 0 bridgehead atoms. The van der Waals surface area contributed by atoms with E-state index in [9.17, 15) is 4.79 Å². The van der Waals surface area contributed by atoms with E-state index < -0.39 is 0 Å². The van der Waals surface area contributed by atoms with Gasteiger partial charge in [0.1, 0.15) is 5.76 Å². The summed E-state index contributed by atoms with van der Waals surface area (Å²) in [4.78, 5) is 14.2. The average Bonchev–Trinajstić information content (AvgIpc) is 3.25. The van der Waals surface area contributed by atoms with Gasteiger partial charge in [0.15, 0.2) is 0 Å². The molecule has 1 aliphatic rings. The van der Waals surface area contributed by atoms with E-state index in [1.165, 1.54) is 0 Å². The van der Waals surface area contributed by atoms with E-state index >= 15 is 0 Å². The first-order valence-electron chi connectivity index (χ1n) is 8.46. The Hall–Kier alpha value is -2.15. The average molecular weight is 332 g/mol. The number of likely N-dealkylation sites (tertiary alicyclic amines) is 1. The van der Waals surface area contributed by atoms with Crippen molar-refractivity contribution in [3.63, 3.8) is 0 Å². The molecule has 2 aromatic heterocycles. The molecule has 0 saturated carbocycles. The maximum atomic E-state index is 12.0. The lowest BCUT2D eigenvalue weighted by Gasteiger charge is -2.29. The number of carbonyl (C=O) groups excluding carboxylic acids is 1. The van der Waals surface area contributed by atoms with Gasteiger partial charge in [-0.15, -0.1) is 10.2 Å². The first-order valence-corrected chi connectivity index (χ1v) is 8.46. The van der Waals surface area contributed by atoms with Crippen molar-refractivity contribution in [2.24, 2.45) is 0 Å². The summed E-state index contributed by atoms with van der Waals surface area (Å²) in [5, 5.41) is 11.2. The van der Waals surface area contributed by atoms with Crippen LogP contribution in [-0.4, -0.2) is 40.6 Å². The maximum Gasteiger partial charge on any atom is 0.234 e. The van der Waals surface area contributed by atoms with Crippen molar-refractivity contribution >= 4 is 5.91 Å². The summed E-state index contributed by atoms with van der Waals surface area (Å²) in [7, 11) is 0. The molecule has 1 fully saturated rings. The van der Waals surface area contributed by atoms with Crippen LogP contribution in [0.4, 0.5) is 0 Å². The second kappa shape index (κ2) is 7.61. The minimum absolute atomic E-state index is 0.0183. The molecule has 3 heterocycles. The Balaban J connectivity index is 1.42. The van der Waals surface area contributed by atoms with Crippen LogP contribution >= 0.6 is 0 Å². The van der Waals surface area contributed by atoms with Gasteiger partial charge in [0.25, 0.3) is 0 Å². The van der Waals surface area contributed by atoms with Gasteiger partial charge in [-0.2, -0.15) is 0 Å². The van der Waals surface area contributed by atoms with Gasteiger partial charge in [-0.1, -0.05) is 13.8 Å². The molecule has 0 unspecified atom stereocenters. The van der Waals surface area contributed by atoms with Gasteiger partial charge in [0, 0.05) is 11.8 Å². The monoisotopic (exact) mass is 332 g/mol. The minimum atomic E-state index is 0.0183. The lowest BCUT2D eigenvalue weighted by molar-refractivity contribution is -0.122. The number of nitrogens with one attached hydrogen (secondary N) is 1. The molecule has 24 heavy (non-hydrogen) atoms. The third-order valence-electron chi connectivity index (χ3n) is 4.29. The summed E-state index contributed by atoms with van der Waals surface area (Å²) in [6.07, 6.45) is 3.48. The molecule has 130 valence electrons. The van der Waals surface area contributed by atoms with E-state index in [2.05, 4.69) is 20.4 Å². The predicted octanol–water partition coefficient (Wildman–Crippen LogP) is 2.28. The second-order valence-corrected chi connectivity index (χ2v) is 6.54. The third-order valence-corrected chi connectivity index (χ3v) is 4.29. The Morgan fingerprint density at radius 1 is 1.38 bits per heavy atom. The van der Waals surface area contributed by atoms with Crippen LogP contribution in [0, 0.1) is 0 Å². The highest BCUT2D eigenvalue weighted by atomic mass is 16.4. The molecule has 3 rings (SSSR count). The van der Waals surface area contributed by atoms with E-state index in [4.69, 9.17) is 8.83 Å². The van der Waals surface area contributed by atoms with E-state index in [0.717, 1.165) is 37.6 Å². The number of rotatable bonds is 6. The molecule has 7 heteroatoms. The van der Waals surface area contributed by atoms with E-state index in [1.807, 2.05) is 26.0 Å². The lowest BCUT2D eigenvalue weighted by atomic mass is 9.97. The number of carbonyl (C=O) groups is 1. The Labute approximate surface area is 141 Å². The first-order chi connectivity index (χ1) is 11.6. The number of furan rings is 1. The topological polar surface area (TPSA) is 84.4 Å². The lowest BCUT2D eigenvalue weighted by Crippen LogP contribution is -2.41. The molecule has 1 aliphatic heterocycles. The fraction of sp³-hybridized carbons (Fsp3) is 0.588. The summed E-state index contributed by atoms with van der Waals surface area (Å²) < 4.78 is 11.0. The van der Waals surface area contributed by atoms with Gasteiger partial charge in [-0.3, -0.25) is 9.69 Å². The maximum absolute atomic E-state index is 12.0. The summed E-state index contributed by atoms with van der Waals surface area (Å²) in [6, 6.07) is 3.66. The van der Waals surface area contributed by atoms with Crippen molar-refractivity contribution in [3.05, 3.63) is 35.9 Å². The Morgan fingerprint density at radius 2 is 2.17 bits per heavy atom. The van der Waals surface area contributed by atoms with Gasteiger partial charge in [0.05, 0.1) is 19.4 Å². The van der Waals surface area contributed by atoms with E-state index in [0.29, 0.717) is 24.9 Å². The molecule has 0 aromatic carbocycles. The van der Waals surface area contributed by atoms with Crippen molar-refractivity contribution < 1.29 is 13.6 Å². The molecular weight excluding hydrogens is 308 g/mol. The van der Waals surface area contributed by atoms with Gasteiger partial charge in [-0.05, 0) is 38.1 Å². The van der Waals surface area contributed by atoms with Crippen LogP contribution in [0.3, 0.4) is 0 Å². The first kappa shape index (κ1) is 16.7. The number of hydrogen-bond acceptors (Lipinski definition) is 6. The van der Waals surface area contributed by atoms with Crippen LogP contribution in [-0.2, 0) is 11.3 Å². The molecule has 0 spiro atoms. The zero-order valence-electron chi connectivity index (χ0n) is 14.2. The quantitative estimate of drug-likeness (QED) is 0.873. The van der Waals surface area contributed by atoms with E-state index in [-0.39, 0.29) is 11.8 Å². The molecule has 1 amide bonds. The number of aromatic nitrogens is 2. The molecule has 2 aromatic rings. The van der Waals surface area contributed by atoms with Crippen LogP contribution < -0.4 is 5.32 Å². The zero-order chi connectivity index (χ0) is 16.9. The number of piperidine rings is 1. The van der Waals surface area contributed by atoms with Crippen molar-refractivity contribution in [1.29, 1.82) is 0 Å². The number of nitrogens with zero attached hydrogens (tertiary/aromatic N) is 3. The molecule has 0 radical (unpaired) electrons. The minimum Gasteiger partial charge on any atom is -0.467 e. The highest BCUT2D eigenvalue weighted by Crippen LogP contribution is 2.28. The molecule has 1 N–H and O–H groups in total. The standard InChI is InChI=1S/C17H24N4O3/c1-12(2)16-19-20-17(24-16)13-5-7-21(8-6-13)11-15(22)18-10-14-4-3-9-23-14/h3-4,9,12-13H,5-8,10-11H2,1-2H3,(H,18,22). The predicted molar refractivity (Wildman–Crippen MR) is 87.4 cm³/mol. The second-order valence-electron chi connectivity index (χ2n) is 6.54. The smallest absolute Gasteiger partial charge is 0.234 e. The number of amides is 1. The SMILES string of the molecule is CC(C)c1nnc(C2CCN(CC(=O)NCc3ccco3)CC2)o1. The molecule has 1 saturated heterocycles. The fourth-order valence-corrected chi connectivity index (χ4v) is 2.84. The van der Waals surface area contributed by atoms with Crippen LogP contribution in [0.25, 0.3) is 0 Å². The summed E-state index contributed by atoms with van der Waals surface area (Å²) in [5.41, 5.74) is 0. The third kappa shape index (κ3) is 4.23. The highest BCUT2D eigenvalue weighted by molar-refractivity contribution is 5.77.